The Morgan fingerprint density at radius 2 is 2.21 bits per heavy atom. The fourth-order valence-electron chi connectivity index (χ4n) is 2.04. The molecule has 1 fully saturated rings. The molecule has 1 aromatic heterocycles. The van der Waals surface area contributed by atoms with Crippen LogP contribution < -0.4 is 5.32 Å². The Balaban J connectivity index is 1.68. The molecule has 2 rings (SSSR count). The summed E-state index contributed by atoms with van der Waals surface area (Å²) in [6.07, 6.45) is 2.23. The zero-order chi connectivity index (χ0) is 13.5. The van der Waals surface area contributed by atoms with Gasteiger partial charge in [0.25, 0.3) is 0 Å². The smallest absolute Gasteiger partial charge is 0.162 e. The molecular formula is C14H24N2O3. The standard InChI is InChI=1S/C14H24N2O3/c1-11(2)8-15-9-12-7-14(19-16-12)10-18-13-3-5-17-6-4-13/h7,11,13,15H,3-6,8-10H2,1-2H3. The summed E-state index contributed by atoms with van der Waals surface area (Å²) in [7, 11) is 0. The Labute approximate surface area is 114 Å². The van der Waals surface area contributed by atoms with Crippen molar-refractivity contribution in [3.05, 3.63) is 17.5 Å². The minimum Gasteiger partial charge on any atom is -0.381 e. The van der Waals surface area contributed by atoms with Crippen LogP contribution in [0.15, 0.2) is 10.6 Å². The molecule has 108 valence electrons. The lowest BCUT2D eigenvalue weighted by Gasteiger charge is -2.21. The van der Waals surface area contributed by atoms with Gasteiger partial charge in [0.1, 0.15) is 6.61 Å². The van der Waals surface area contributed by atoms with E-state index in [1.165, 1.54) is 0 Å². The van der Waals surface area contributed by atoms with Gasteiger partial charge < -0.3 is 19.3 Å². The fraction of sp³-hybridized carbons (Fsp3) is 0.786. The Kier molecular flexibility index (Phi) is 5.82. The van der Waals surface area contributed by atoms with E-state index in [1.54, 1.807) is 0 Å². The first kappa shape index (κ1) is 14.5. The zero-order valence-electron chi connectivity index (χ0n) is 11.9. The van der Waals surface area contributed by atoms with Crippen molar-refractivity contribution in [1.29, 1.82) is 0 Å². The second-order valence-corrected chi connectivity index (χ2v) is 5.43. The van der Waals surface area contributed by atoms with Crippen LogP contribution in [0.25, 0.3) is 0 Å². The topological polar surface area (TPSA) is 56.5 Å². The lowest BCUT2D eigenvalue weighted by molar-refractivity contribution is -0.0443. The van der Waals surface area contributed by atoms with Crippen LogP contribution in [0.2, 0.25) is 0 Å². The van der Waals surface area contributed by atoms with Gasteiger partial charge in [-0.15, -0.1) is 0 Å². The lowest BCUT2D eigenvalue weighted by atomic mass is 10.1. The molecule has 1 aliphatic rings. The minimum absolute atomic E-state index is 0.293. The molecular weight excluding hydrogens is 244 g/mol. The second-order valence-electron chi connectivity index (χ2n) is 5.43. The average molecular weight is 268 g/mol. The fourth-order valence-corrected chi connectivity index (χ4v) is 2.04. The molecule has 1 saturated heterocycles. The average Bonchev–Trinajstić information content (AvgIpc) is 2.85. The highest BCUT2D eigenvalue weighted by Gasteiger charge is 2.15. The quantitative estimate of drug-likeness (QED) is 0.821. The van der Waals surface area contributed by atoms with E-state index in [-0.39, 0.29) is 0 Å². The highest BCUT2D eigenvalue weighted by atomic mass is 16.5. The third-order valence-corrected chi connectivity index (χ3v) is 3.10. The van der Waals surface area contributed by atoms with Gasteiger partial charge in [-0.05, 0) is 25.3 Å². The Morgan fingerprint density at radius 1 is 1.42 bits per heavy atom. The molecule has 0 bridgehead atoms. The van der Waals surface area contributed by atoms with Gasteiger partial charge in [0.2, 0.25) is 0 Å². The molecule has 2 heterocycles. The first-order valence-electron chi connectivity index (χ1n) is 7.08. The van der Waals surface area contributed by atoms with Crippen molar-refractivity contribution in [2.24, 2.45) is 5.92 Å². The Morgan fingerprint density at radius 3 is 2.95 bits per heavy atom. The molecule has 0 spiro atoms. The van der Waals surface area contributed by atoms with Crippen molar-refractivity contribution in [1.82, 2.24) is 10.5 Å². The summed E-state index contributed by atoms with van der Waals surface area (Å²) >= 11 is 0. The first-order chi connectivity index (χ1) is 9.24. The molecule has 0 saturated carbocycles. The summed E-state index contributed by atoms with van der Waals surface area (Å²) in [6.45, 7) is 8.20. The van der Waals surface area contributed by atoms with E-state index in [0.717, 1.165) is 50.6 Å². The molecule has 0 aromatic carbocycles. The second kappa shape index (κ2) is 7.62. The number of hydrogen-bond donors (Lipinski definition) is 1. The van der Waals surface area contributed by atoms with E-state index >= 15 is 0 Å². The van der Waals surface area contributed by atoms with Crippen molar-refractivity contribution in [2.45, 2.75) is 45.9 Å². The predicted molar refractivity (Wildman–Crippen MR) is 71.7 cm³/mol. The molecule has 0 radical (unpaired) electrons. The molecule has 19 heavy (non-hydrogen) atoms. The van der Waals surface area contributed by atoms with Crippen LogP contribution in [0.3, 0.4) is 0 Å². The van der Waals surface area contributed by atoms with E-state index in [2.05, 4.69) is 24.3 Å². The molecule has 0 aliphatic carbocycles. The number of nitrogens with zero attached hydrogens (tertiary/aromatic N) is 1. The predicted octanol–water partition coefficient (Wildman–Crippen LogP) is 2.12. The maximum Gasteiger partial charge on any atom is 0.162 e. The van der Waals surface area contributed by atoms with Gasteiger partial charge in [0, 0.05) is 25.8 Å². The number of rotatable bonds is 7. The SMILES string of the molecule is CC(C)CNCc1cc(COC2CCOCC2)on1. The maximum absolute atomic E-state index is 5.79. The van der Waals surface area contributed by atoms with Crippen LogP contribution in [0, 0.1) is 5.92 Å². The summed E-state index contributed by atoms with van der Waals surface area (Å²) in [5.41, 5.74) is 0.936. The number of nitrogens with one attached hydrogen (secondary N) is 1. The summed E-state index contributed by atoms with van der Waals surface area (Å²) in [5, 5.41) is 7.37. The van der Waals surface area contributed by atoms with Gasteiger partial charge in [0.15, 0.2) is 5.76 Å². The third kappa shape index (κ3) is 5.30. The third-order valence-electron chi connectivity index (χ3n) is 3.10. The van der Waals surface area contributed by atoms with Gasteiger partial charge in [-0.1, -0.05) is 19.0 Å². The van der Waals surface area contributed by atoms with Gasteiger partial charge in [-0.25, -0.2) is 0 Å². The largest absolute Gasteiger partial charge is 0.381 e. The Hall–Kier alpha value is -0.910. The summed E-state index contributed by atoms with van der Waals surface area (Å²) < 4.78 is 16.4. The summed E-state index contributed by atoms with van der Waals surface area (Å²) in [5.74, 6) is 1.44. The van der Waals surface area contributed by atoms with E-state index in [9.17, 15) is 0 Å². The van der Waals surface area contributed by atoms with Crippen LogP contribution in [0.1, 0.15) is 38.1 Å². The molecule has 0 amide bonds. The summed E-state index contributed by atoms with van der Waals surface area (Å²) in [4.78, 5) is 0. The van der Waals surface area contributed by atoms with E-state index in [4.69, 9.17) is 14.0 Å². The van der Waals surface area contributed by atoms with Crippen molar-refractivity contribution in [2.75, 3.05) is 19.8 Å². The van der Waals surface area contributed by atoms with Crippen LogP contribution in [-0.2, 0) is 22.6 Å². The normalized spacial score (nSPS) is 17.2. The zero-order valence-corrected chi connectivity index (χ0v) is 11.9. The van der Waals surface area contributed by atoms with Crippen molar-refractivity contribution in [3.8, 4) is 0 Å². The Bertz CT molecular complexity index is 359. The number of aromatic nitrogens is 1. The molecule has 1 N–H and O–H groups in total. The van der Waals surface area contributed by atoms with E-state index in [0.29, 0.717) is 18.6 Å². The van der Waals surface area contributed by atoms with Gasteiger partial charge >= 0.3 is 0 Å². The molecule has 5 heteroatoms. The highest BCUT2D eigenvalue weighted by molar-refractivity contribution is 5.04. The molecule has 1 aliphatic heterocycles. The van der Waals surface area contributed by atoms with E-state index < -0.39 is 0 Å². The lowest BCUT2D eigenvalue weighted by Crippen LogP contribution is -2.23. The van der Waals surface area contributed by atoms with Gasteiger partial charge in [0.05, 0.1) is 11.8 Å². The van der Waals surface area contributed by atoms with Crippen LogP contribution >= 0.6 is 0 Å². The summed E-state index contributed by atoms with van der Waals surface area (Å²) in [6, 6.07) is 1.96. The van der Waals surface area contributed by atoms with Crippen molar-refractivity contribution in [3.63, 3.8) is 0 Å². The molecule has 0 atom stereocenters. The van der Waals surface area contributed by atoms with Gasteiger partial charge in [-0.3, -0.25) is 0 Å². The molecule has 5 nitrogen and oxygen atoms in total. The number of ether oxygens (including phenoxy) is 2. The van der Waals surface area contributed by atoms with Crippen LogP contribution in [0.5, 0.6) is 0 Å². The maximum atomic E-state index is 5.79. The van der Waals surface area contributed by atoms with Crippen molar-refractivity contribution >= 4 is 0 Å². The molecule has 1 aromatic rings. The number of hydrogen-bond acceptors (Lipinski definition) is 5. The van der Waals surface area contributed by atoms with Crippen molar-refractivity contribution < 1.29 is 14.0 Å². The monoisotopic (exact) mass is 268 g/mol. The van der Waals surface area contributed by atoms with Crippen LogP contribution in [0.4, 0.5) is 0 Å². The highest BCUT2D eigenvalue weighted by Crippen LogP contribution is 2.14. The van der Waals surface area contributed by atoms with Crippen LogP contribution in [-0.4, -0.2) is 31.0 Å². The molecule has 0 unspecified atom stereocenters. The van der Waals surface area contributed by atoms with Gasteiger partial charge in [-0.2, -0.15) is 0 Å². The minimum atomic E-state index is 0.293. The first-order valence-corrected chi connectivity index (χ1v) is 7.08. The van der Waals surface area contributed by atoms with E-state index in [1.807, 2.05) is 6.07 Å².